The van der Waals surface area contributed by atoms with Crippen molar-refractivity contribution in [2.75, 3.05) is 31.6 Å². The van der Waals surface area contributed by atoms with E-state index in [1.165, 1.54) is 0 Å². The van der Waals surface area contributed by atoms with Crippen LogP contribution in [0.2, 0.25) is 0 Å². The highest BCUT2D eigenvalue weighted by molar-refractivity contribution is 6.03. The highest BCUT2D eigenvalue weighted by Gasteiger charge is 2.30. The number of ether oxygens (including phenoxy) is 1. The molecule has 1 fully saturated rings. The summed E-state index contributed by atoms with van der Waals surface area (Å²) in [4.78, 5) is 26.3. The third-order valence-corrected chi connectivity index (χ3v) is 2.90. The van der Waals surface area contributed by atoms with Crippen LogP contribution in [-0.4, -0.2) is 43.5 Å². The van der Waals surface area contributed by atoms with Gasteiger partial charge in [-0.25, -0.2) is 0 Å². The van der Waals surface area contributed by atoms with Crippen molar-refractivity contribution in [1.29, 1.82) is 5.26 Å². The number of hydrogen-bond donors (Lipinski definition) is 0. The fourth-order valence-electron chi connectivity index (χ4n) is 1.93. The molecule has 0 saturated carbocycles. The van der Waals surface area contributed by atoms with Gasteiger partial charge in [0.1, 0.15) is 12.3 Å². The number of nitriles is 1. The van der Waals surface area contributed by atoms with Gasteiger partial charge in [0.25, 0.3) is 0 Å². The molecule has 0 radical (unpaired) electrons. The lowest BCUT2D eigenvalue weighted by Gasteiger charge is -2.32. The largest absolute Gasteiger partial charge is 0.497 e. The molecule has 1 aliphatic rings. The Labute approximate surface area is 110 Å². The number of imide groups is 1. The molecule has 0 N–H and O–H groups in total. The van der Waals surface area contributed by atoms with Gasteiger partial charge in [-0.3, -0.25) is 14.5 Å². The summed E-state index contributed by atoms with van der Waals surface area (Å²) in [5, 5.41) is 8.58. The normalized spacial score (nSPS) is 15.4. The van der Waals surface area contributed by atoms with Crippen molar-refractivity contribution in [3.05, 3.63) is 24.3 Å². The van der Waals surface area contributed by atoms with Crippen molar-refractivity contribution >= 4 is 17.5 Å². The van der Waals surface area contributed by atoms with E-state index in [9.17, 15) is 9.59 Å². The average molecular weight is 259 g/mol. The molecule has 1 aliphatic heterocycles. The predicted octanol–water partition coefficient (Wildman–Crippen LogP) is 0.394. The molecule has 19 heavy (non-hydrogen) atoms. The van der Waals surface area contributed by atoms with Gasteiger partial charge in [-0.1, -0.05) is 6.07 Å². The molecule has 98 valence electrons. The van der Waals surface area contributed by atoms with E-state index in [4.69, 9.17) is 10.00 Å². The smallest absolute Gasteiger partial charge is 0.249 e. The molecule has 0 bridgehead atoms. The van der Waals surface area contributed by atoms with Crippen molar-refractivity contribution in [1.82, 2.24) is 4.90 Å². The first kappa shape index (κ1) is 12.9. The van der Waals surface area contributed by atoms with E-state index >= 15 is 0 Å². The standard InChI is InChI=1S/C13H13N3O3/c1-19-11-4-2-3-10(7-11)15-8-12(17)16(6-5-14)13(18)9-15/h2-4,7H,6,8-9H2,1H3. The highest BCUT2D eigenvalue weighted by Crippen LogP contribution is 2.22. The fourth-order valence-corrected chi connectivity index (χ4v) is 1.93. The second kappa shape index (κ2) is 5.40. The van der Waals surface area contributed by atoms with Crippen LogP contribution in [0.4, 0.5) is 5.69 Å². The molecular formula is C13H13N3O3. The number of carbonyl (C=O) groups excluding carboxylic acids is 2. The van der Waals surface area contributed by atoms with Crippen LogP contribution in [0, 0.1) is 11.3 Å². The van der Waals surface area contributed by atoms with E-state index in [2.05, 4.69) is 0 Å². The molecule has 1 saturated heterocycles. The second-order valence-corrected chi connectivity index (χ2v) is 4.09. The van der Waals surface area contributed by atoms with E-state index in [0.29, 0.717) is 5.75 Å². The Bertz CT molecular complexity index is 532. The number of benzene rings is 1. The van der Waals surface area contributed by atoms with Crippen LogP contribution in [0.5, 0.6) is 5.75 Å². The molecule has 1 heterocycles. The highest BCUT2D eigenvalue weighted by atomic mass is 16.5. The van der Waals surface area contributed by atoms with E-state index in [0.717, 1.165) is 10.6 Å². The number of piperazine rings is 1. The van der Waals surface area contributed by atoms with E-state index in [1.807, 2.05) is 12.1 Å². The minimum absolute atomic E-state index is 0.0839. The van der Waals surface area contributed by atoms with Crippen molar-refractivity contribution in [3.8, 4) is 11.8 Å². The molecule has 0 atom stereocenters. The number of nitrogens with zero attached hydrogens (tertiary/aromatic N) is 3. The first-order valence-electron chi connectivity index (χ1n) is 5.75. The van der Waals surface area contributed by atoms with Gasteiger partial charge in [-0.2, -0.15) is 5.26 Å². The molecule has 0 unspecified atom stereocenters. The van der Waals surface area contributed by atoms with Crippen LogP contribution in [0.3, 0.4) is 0 Å². The van der Waals surface area contributed by atoms with Crippen LogP contribution in [-0.2, 0) is 9.59 Å². The maximum atomic E-state index is 11.8. The summed E-state index contributed by atoms with van der Waals surface area (Å²) in [5.74, 6) is -0.0573. The van der Waals surface area contributed by atoms with Crippen LogP contribution in [0.15, 0.2) is 24.3 Å². The molecule has 2 amide bonds. The van der Waals surface area contributed by atoms with E-state index in [1.54, 1.807) is 30.2 Å². The molecule has 1 aromatic rings. The predicted molar refractivity (Wildman–Crippen MR) is 67.5 cm³/mol. The minimum Gasteiger partial charge on any atom is -0.497 e. The van der Waals surface area contributed by atoms with Crippen molar-refractivity contribution in [2.24, 2.45) is 0 Å². The van der Waals surface area contributed by atoms with Crippen LogP contribution in [0.25, 0.3) is 0 Å². The van der Waals surface area contributed by atoms with Crippen LogP contribution in [0.1, 0.15) is 0 Å². The monoisotopic (exact) mass is 259 g/mol. The molecule has 0 spiro atoms. The summed E-state index contributed by atoms with van der Waals surface area (Å²) in [6, 6.07) is 8.98. The molecule has 2 rings (SSSR count). The van der Waals surface area contributed by atoms with Gasteiger partial charge in [0.05, 0.1) is 26.3 Å². The molecule has 1 aromatic carbocycles. The number of carbonyl (C=O) groups is 2. The lowest BCUT2D eigenvalue weighted by Crippen LogP contribution is -2.54. The molecule has 6 nitrogen and oxygen atoms in total. The maximum absolute atomic E-state index is 11.8. The summed E-state index contributed by atoms with van der Waals surface area (Å²) in [5.41, 5.74) is 0.748. The molecule has 6 heteroatoms. The molecule has 0 aliphatic carbocycles. The van der Waals surface area contributed by atoms with E-state index < -0.39 is 0 Å². The number of rotatable bonds is 3. The van der Waals surface area contributed by atoms with Crippen LogP contribution >= 0.6 is 0 Å². The Morgan fingerprint density at radius 3 is 2.58 bits per heavy atom. The van der Waals surface area contributed by atoms with Crippen molar-refractivity contribution in [2.45, 2.75) is 0 Å². The van der Waals surface area contributed by atoms with Gasteiger partial charge >= 0.3 is 0 Å². The zero-order valence-corrected chi connectivity index (χ0v) is 10.5. The molecule has 0 aromatic heterocycles. The van der Waals surface area contributed by atoms with Gasteiger partial charge in [-0.05, 0) is 12.1 Å². The molecular weight excluding hydrogens is 246 g/mol. The Kier molecular flexibility index (Phi) is 3.66. The summed E-state index contributed by atoms with van der Waals surface area (Å²) in [6.07, 6.45) is 0. The first-order valence-corrected chi connectivity index (χ1v) is 5.75. The maximum Gasteiger partial charge on any atom is 0.249 e. The third-order valence-electron chi connectivity index (χ3n) is 2.90. The number of hydrogen-bond acceptors (Lipinski definition) is 5. The van der Waals surface area contributed by atoms with Gasteiger partial charge in [-0.15, -0.1) is 0 Å². The van der Waals surface area contributed by atoms with Crippen molar-refractivity contribution < 1.29 is 14.3 Å². The second-order valence-electron chi connectivity index (χ2n) is 4.09. The topological polar surface area (TPSA) is 73.6 Å². The first-order chi connectivity index (χ1) is 9.15. The third kappa shape index (κ3) is 2.65. The Morgan fingerprint density at radius 1 is 1.32 bits per heavy atom. The zero-order chi connectivity index (χ0) is 13.8. The Hall–Kier alpha value is -2.55. The summed E-state index contributed by atoms with van der Waals surface area (Å²) >= 11 is 0. The Balaban J connectivity index is 2.18. The summed E-state index contributed by atoms with van der Waals surface area (Å²) in [6.45, 7) is -0.0230. The number of amides is 2. The van der Waals surface area contributed by atoms with Gasteiger partial charge in [0.2, 0.25) is 11.8 Å². The van der Waals surface area contributed by atoms with E-state index in [-0.39, 0.29) is 31.4 Å². The zero-order valence-electron chi connectivity index (χ0n) is 10.5. The average Bonchev–Trinajstić information content (AvgIpc) is 2.42. The van der Waals surface area contributed by atoms with Crippen molar-refractivity contribution in [3.63, 3.8) is 0 Å². The lowest BCUT2D eigenvalue weighted by molar-refractivity contribution is -0.144. The Morgan fingerprint density at radius 2 is 2.00 bits per heavy atom. The van der Waals surface area contributed by atoms with Gasteiger partial charge < -0.3 is 9.64 Å². The number of anilines is 1. The van der Waals surface area contributed by atoms with Crippen LogP contribution < -0.4 is 9.64 Å². The fraction of sp³-hybridized carbons (Fsp3) is 0.308. The summed E-state index contributed by atoms with van der Waals surface area (Å²) < 4.78 is 5.11. The van der Waals surface area contributed by atoms with Gasteiger partial charge in [0, 0.05) is 11.8 Å². The quantitative estimate of drug-likeness (QED) is 0.580. The van der Waals surface area contributed by atoms with Gasteiger partial charge in [0.15, 0.2) is 0 Å². The summed E-state index contributed by atoms with van der Waals surface area (Å²) in [7, 11) is 1.56. The SMILES string of the molecule is COc1cccc(N2CC(=O)N(CC#N)C(=O)C2)c1. The minimum atomic E-state index is -0.361. The lowest BCUT2D eigenvalue weighted by atomic mass is 10.2. The number of methoxy groups -OCH3 is 1.